The normalized spacial score (nSPS) is 10.3. The summed E-state index contributed by atoms with van der Waals surface area (Å²) in [6, 6.07) is 0. The second kappa shape index (κ2) is 3.12. The predicted octanol–water partition coefficient (Wildman–Crippen LogP) is 0.979. The van der Waals surface area contributed by atoms with Crippen molar-refractivity contribution in [3.8, 4) is 0 Å². The molecule has 1 rings (SSSR count). The molecule has 0 spiro atoms. The van der Waals surface area contributed by atoms with E-state index < -0.39 is 5.56 Å². The second-order valence-corrected chi connectivity index (χ2v) is 3.13. The number of aromatic nitrogens is 2. The molecule has 7 heteroatoms. The molecular weight excluding hydrogens is 226 g/mol. The monoisotopic (exact) mass is 228 g/mol. The standard InChI is InChI=1S/C5H3Cl3N2O2/c1-9-5(11)3(7)2(6)4(8)10(9)12/h1H3. The summed E-state index contributed by atoms with van der Waals surface area (Å²) in [4.78, 5) is 11.2. The van der Waals surface area contributed by atoms with Crippen molar-refractivity contribution >= 4 is 34.8 Å². The lowest BCUT2D eigenvalue weighted by Crippen LogP contribution is -2.47. The van der Waals surface area contributed by atoms with E-state index in [1.165, 1.54) is 7.05 Å². The van der Waals surface area contributed by atoms with Gasteiger partial charge in [-0.15, -0.1) is 4.68 Å². The third kappa shape index (κ3) is 1.26. The molecule has 66 valence electrons. The van der Waals surface area contributed by atoms with E-state index in [1.54, 1.807) is 0 Å². The molecule has 1 aromatic rings. The number of rotatable bonds is 0. The van der Waals surface area contributed by atoms with Crippen molar-refractivity contribution in [3.63, 3.8) is 0 Å². The SMILES string of the molecule is Cn1c(=O)c(Cl)c(Cl)c(Cl)[n+]1[O-]. The van der Waals surface area contributed by atoms with Crippen molar-refractivity contribution in [2.45, 2.75) is 0 Å². The van der Waals surface area contributed by atoms with Crippen molar-refractivity contribution in [1.82, 2.24) is 4.68 Å². The van der Waals surface area contributed by atoms with Gasteiger partial charge in [-0.3, -0.25) is 4.79 Å². The Labute approximate surface area is 82.4 Å². The van der Waals surface area contributed by atoms with Crippen LogP contribution in [0.3, 0.4) is 0 Å². The summed E-state index contributed by atoms with van der Waals surface area (Å²) in [5, 5.41) is 10.2. The number of hydrogen-bond acceptors (Lipinski definition) is 2. The van der Waals surface area contributed by atoms with Crippen molar-refractivity contribution in [3.05, 3.63) is 30.8 Å². The summed E-state index contributed by atoms with van der Waals surface area (Å²) in [7, 11) is 1.24. The summed E-state index contributed by atoms with van der Waals surface area (Å²) < 4.78 is 0.719. The van der Waals surface area contributed by atoms with Gasteiger partial charge in [0.05, 0.1) is 7.05 Å². The Morgan fingerprint density at radius 3 is 2.33 bits per heavy atom. The Morgan fingerprint density at radius 2 is 1.83 bits per heavy atom. The van der Waals surface area contributed by atoms with Crippen molar-refractivity contribution in [1.29, 1.82) is 0 Å². The van der Waals surface area contributed by atoms with Crippen molar-refractivity contribution in [2.24, 2.45) is 7.05 Å². The van der Waals surface area contributed by atoms with Gasteiger partial charge in [-0.1, -0.05) is 28.0 Å². The van der Waals surface area contributed by atoms with Crippen LogP contribution in [0.15, 0.2) is 4.79 Å². The molecule has 0 radical (unpaired) electrons. The van der Waals surface area contributed by atoms with Gasteiger partial charge in [-0.05, 0) is 11.6 Å². The quantitative estimate of drug-likeness (QED) is 0.492. The van der Waals surface area contributed by atoms with E-state index in [9.17, 15) is 10.0 Å². The molecule has 0 aliphatic heterocycles. The van der Waals surface area contributed by atoms with Crippen molar-refractivity contribution in [2.75, 3.05) is 0 Å². The molecular formula is C5H3Cl3N2O2. The van der Waals surface area contributed by atoms with Crippen LogP contribution in [0.5, 0.6) is 0 Å². The Balaban J connectivity index is 3.73. The summed E-state index contributed by atoms with van der Waals surface area (Å²) in [6.07, 6.45) is 0. The first-order chi connectivity index (χ1) is 5.46. The zero-order valence-electron chi connectivity index (χ0n) is 5.84. The smallest absolute Gasteiger partial charge is 0.331 e. The van der Waals surface area contributed by atoms with Crippen LogP contribution in [-0.2, 0) is 7.05 Å². The van der Waals surface area contributed by atoms with Gasteiger partial charge >= 0.3 is 10.7 Å². The van der Waals surface area contributed by atoms with Gasteiger partial charge in [-0.25, -0.2) is 0 Å². The van der Waals surface area contributed by atoms with E-state index in [0.717, 1.165) is 4.68 Å². The third-order valence-electron chi connectivity index (χ3n) is 1.30. The van der Waals surface area contributed by atoms with Gasteiger partial charge in [0.2, 0.25) is 0 Å². The maximum atomic E-state index is 11.0. The van der Waals surface area contributed by atoms with Crippen LogP contribution in [0.2, 0.25) is 15.2 Å². The van der Waals surface area contributed by atoms with Crippen LogP contribution in [0.25, 0.3) is 0 Å². The highest BCUT2D eigenvalue weighted by molar-refractivity contribution is 6.46. The largest absolute Gasteiger partial charge is 0.595 e. The first kappa shape index (κ1) is 9.64. The van der Waals surface area contributed by atoms with E-state index in [4.69, 9.17) is 34.8 Å². The van der Waals surface area contributed by atoms with Crippen LogP contribution < -0.4 is 10.4 Å². The fourth-order valence-electron chi connectivity index (χ4n) is 0.625. The second-order valence-electron chi connectivity index (χ2n) is 2.02. The van der Waals surface area contributed by atoms with Crippen LogP contribution in [0, 0.1) is 5.21 Å². The number of nitrogens with zero attached hydrogens (tertiary/aromatic N) is 2. The molecule has 0 bridgehead atoms. The highest BCUT2D eigenvalue weighted by Crippen LogP contribution is 2.22. The Kier molecular flexibility index (Phi) is 2.51. The van der Waals surface area contributed by atoms with Crippen LogP contribution in [0.4, 0.5) is 0 Å². The fourth-order valence-corrected chi connectivity index (χ4v) is 1.25. The molecule has 0 N–H and O–H groups in total. The molecule has 0 unspecified atom stereocenters. The van der Waals surface area contributed by atoms with Gasteiger partial charge in [0, 0.05) is 0 Å². The molecule has 4 nitrogen and oxygen atoms in total. The maximum absolute atomic E-state index is 11.0. The highest BCUT2D eigenvalue weighted by atomic mass is 35.5. The first-order valence-corrected chi connectivity index (χ1v) is 3.93. The summed E-state index contributed by atoms with van der Waals surface area (Å²) in [5.41, 5.74) is -0.680. The molecule has 0 atom stereocenters. The average molecular weight is 229 g/mol. The molecule has 0 fully saturated rings. The molecule has 1 aromatic heterocycles. The summed E-state index contributed by atoms with van der Waals surface area (Å²) in [6.45, 7) is 0. The minimum atomic E-state index is -0.680. The van der Waals surface area contributed by atoms with Crippen LogP contribution >= 0.6 is 34.8 Å². The molecule has 1 heterocycles. The molecule has 0 aromatic carbocycles. The minimum Gasteiger partial charge on any atom is -0.595 e. The highest BCUT2D eigenvalue weighted by Gasteiger charge is 2.19. The van der Waals surface area contributed by atoms with Gasteiger partial charge < -0.3 is 5.21 Å². The number of hydrogen-bond donors (Lipinski definition) is 0. The van der Waals surface area contributed by atoms with Crippen molar-refractivity contribution < 1.29 is 4.85 Å². The Bertz CT molecular complexity index is 355. The molecule has 12 heavy (non-hydrogen) atoms. The van der Waals surface area contributed by atoms with E-state index >= 15 is 0 Å². The van der Waals surface area contributed by atoms with Crippen LogP contribution in [-0.4, -0.2) is 4.68 Å². The fraction of sp³-hybridized carbons (Fsp3) is 0.200. The third-order valence-corrected chi connectivity index (χ3v) is 2.54. The van der Waals surface area contributed by atoms with Gasteiger partial charge in [0.25, 0.3) is 0 Å². The average Bonchev–Trinajstić information content (AvgIpc) is 2.08. The lowest BCUT2D eigenvalue weighted by Gasteiger charge is -2.04. The van der Waals surface area contributed by atoms with Gasteiger partial charge in [-0.2, -0.15) is 0 Å². The Morgan fingerprint density at radius 1 is 1.33 bits per heavy atom. The lowest BCUT2D eigenvalue weighted by atomic mass is 10.5. The Hall–Kier alpha value is -0.450. The first-order valence-electron chi connectivity index (χ1n) is 2.80. The minimum absolute atomic E-state index is 0.165. The molecule has 0 amide bonds. The van der Waals surface area contributed by atoms with E-state index in [-0.39, 0.29) is 20.0 Å². The molecule has 0 aliphatic rings. The van der Waals surface area contributed by atoms with Gasteiger partial charge in [0.1, 0.15) is 5.02 Å². The topological polar surface area (TPSA) is 48.9 Å². The molecule has 0 aliphatic carbocycles. The molecule has 0 saturated heterocycles. The van der Waals surface area contributed by atoms with Crippen LogP contribution in [0.1, 0.15) is 0 Å². The van der Waals surface area contributed by atoms with E-state index in [0.29, 0.717) is 0 Å². The number of halogens is 3. The lowest BCUT2D eigenvalue weighted by molar-refractivity contribution is -0.695. The summed E-state index contributed by atoms with van der Waals surface area (Å²) >= 11 is 16.4. The zero-order valence-corrected chi connectivity index (χ0v) is 8.11. The maximum Gasteiger partial charge on any atom is 0.331 e. The zero-order chi connectivity index (χ0) is 9.46. The van der Waals surface area contributed by atoms with E-state index in [1.807, 2.05) is 0 Å². The predicted molar refractivity (Wildman–Crippen MR) is 45.7 cm³/mol. The summed E-state index contributed by atoms with van der Waals surface area (Å²) in [5.74, 6) is 0. The van der Waals surface area contributed by atoms with E-state index in [2.05, 4.69) is 0 Å². The van der Waals surface area contributed by atoms with Gasteiger partial charge in [0.15, 0.2) is 5.02 Å². The molecule has 0 saturated carbocycles.